The molecule has 0 heterocycles. The van der Waals surface area contributed by atoms with E-state index < -0.39 is 0 Å². The number of nitrogens with one attached hydrogen (secondary N) is 1. The molecule has 0 spiro atoms. The van der Waals surface area contributed by atoms with Crippen molar-refractivity contribution in [2.75, 3.05) is 13.7 Å². The number of aromatic hydroxyl groups is 1. The number of unbranched alkanes of at least 4 members (excludes halogenated alkanes) is 1. The van der Waals surface area contributed by atoms with Gasteiger partial charge in [-0.1, -0.05) is 38.3 Å². The van der Waals surface area contributed by atoms with Crippen molar-refractivity contribution in [1.82, 2.24) is 5.32 Å². The van der Waals surface area contributed by atoms with E-state index >= 15 is 0 Å². The maximum Gasteiger partial charge on any atom is 0.162 e. The maximum atomic E-state index is 9.97. The van der Waals surface area contributed by atoms with Crippen LogP contribution in [-0.2, 0) is 6.54 Å². The van der Waals surface area contributed by atoms with Gasteiger partial charge in [0.25, 0.3) is 0 Å². The minimum absolute atomic E-state index is 0.168. The monoisotopic (exact) mass is 285 g/mol. The van der Waals surface area contributed by atoms with Gasteiger partial charge in [-0.2, -0.15) is 0 Å². The Labute approximate surface area is 120 Å². The highest BCUT2D eigenvalue weighted by Gasteiger charge is 2.09. The summed E-state index contributed by atoms with van der Waals surface area (Å²) in [4.78, 5) is 0. The van der Waals surface area contributed by atoms with Crippen LogP contribution in [0.1, 0.15) is 38.7 Å². The molecule has 0 fully saturated rings. The molecule has 4 heteroatoms. The lowest BCUT2D eigenvalue weighted by Crippen LogP contribution is -2.15. The molecular formula is C15H24ClNO2. The van der Waals surface area contributed by atoms with Gasteiger partial charge in [-0.15, -0.1) is 0 Å². The van der Waals surface area contributed by atoms with Gasteiger partial charge < -0.3 is 15.2 Å². The second-order valence-electron chi connectivity index (χ2n) is 5.18. The molecule has 0 radical (unpaired) electrons. The molecule has 0 saturated carbocycles. The fourth-order valence-corrected chi connectivity index (χ4v) is 2.18. The molecule has 1 rings (SSSR count). The predicted molar refractivity (Wildman–Crippen MR) is 80.1 cm³/mol. The summed E-state index contributed by atoms with van der Waals surface area (Å²) in [7, 11) is 1.52. The Morgan fingerprint density at radius 1 is 1.32 bits per heavy atom. The first-order chi connectivity index (χ1) is 9.04. The number of phenols is 1. The van der Waals surface area contributed by atoms with E-state index in [0.717, 1.165) is 24.4 Å². The van der Waals surface area contributed by atoms with Gasteiger partial charge in [-0.05, 0) is 24.9 Å². The molecule has 2 N–H and O–H groups in total. The predicted octanol–water partition coefficient (Wildman–Crippen LogP) is 3.97. The SMILES string of the molecule is COc1cc(Cl)cc(CNCCCCC(C)C)c1O. The highest BCUT2D eigenvalue weighted by atomic mass is 35.5. The van der Waals surface area contributed by atoms with Crippen LogP contribution in [0.3, 0.4) is 0 Å². The molecule has 0 aromatic heterocycles. The minimum atomic E-state index is 0.168. The third kappa shape index (κ3) is 5.70. The van der Waals surface area contributed by atoms with Crippen molar-refractivity contribution in [3.05, 3.63) is 22.7 Å². The summed E-state index contributed by atoms with van der Waals surface area (Å²) in [5.74, 6) is 1.35. The lowest BCUT2D eigenvalue weighted by molar-refractivity contribution is 0.369. The van der Waals surface area contributed by atoms with Crippen LogP contribution >= 0.6 is 11.6 Å². The van der Waals surface area contributed by atoms with E-state index in [1.165, 1.54) is 20.0 Å². The van der Waals surface area contributed by atoms with Crippen LogP contribution in [0.15, 0.2) is 12.1 Å². The largest absolute Gasteiger partial charge is 0.504 e. The average Bonchev–Trinajstić information content (AvgIpc) is 2.36. The third-order valence-electron chi connectivity index (χ3n) is 3.04. The fraction of sp³-hybridized carbons (Fsp3) is 0.600. The first kappa shape index (κ1) is 16.1. The first-order valence-electron chi connectivity index (χ1n) is 6.80. The Kier molecular flexibility index (Phi) is 7.03. The second-order valence-corrected chi connectivity index (χ2v) is 5.62. The van der Waals surface area contributed by atoms with Gasteiger partial charge in [0.05, 0.1) is 7.11 Å². The van der Waals surface area contributed by atoms with Crippen LogP contribution in [0, 0.1) is 5.92 Å². The number of phenolic OH excluding ortho intramolecular Hbond substituents is 1. The quantitative estimate of drug-likeness (QED) is 0.710. The van der Waals surface area contributed by atoms with Crippen molar-refractivity contribution >= 4 is 11.6 Å². The normalized spacial score (nSPS) is 11.0. The Hall–Kier alpha value is -0.930. The zero-order chi connectivity index (χ0) is 14.3. The molecule has 0 aliphatic carbocycles. The lowest BCUT2D eigenvalue weighted by atomic mass is 10.1. The first-order valence-corrected chi connectivity index (χ1v) is 7.18. The van der Waals surface area contributed by atoms with E-state index in [1.54, 1.807) is 12.1 Å². The molecule has 0 bridgehead atoms. The number of benzene rings is 1. The molecule has 3 nitrogen and oxygen atoms in total. The van der Waals surface area contributed by atoms with E-state index in [-0.39, 0.29) is 5.75 Å². The fourth-order valence-electron chi connectivity index (χ4n) is 1.94. The third-order valence-corrected chi connectivity index (χ3v) is 3.26. The Morgan fingerprint density at radius 2 is 2.05 bits per heavy atom. The average molecular weight is 286 g/mol. The Balaban J connectivity index is 2.39. The van der Waals surface area contributed by atoms with Gasteiger partial charge in [0.2, 0.25) is 0 Å². The van der Waals surface area contributed by atoms with Crippen LogP contribution < -0.4 is 10.1 Å². The molecule has 0 unspecified atom stereocenters. The van der Waals surface area contributed by atoms with Crippen molar-refractivity contribution in [3.8, 4) is 11.5 Å². The molecule has 1 aromatic rings. The van der Waals surface area contributed by atoms with E-state index in [4.69, 9.17) is 16.3 Å². The summed E-state index contributed by atoms with van der Waals surface area (Å²) in [6.07, 6.45) is 3.64. The Bertz CT molecular complexity index is 394. The van der Waals surface area contributed by atoms with Crippen molar-refractivity contribution in [2.45, 2.75) is 39.7 Å². The van der Waals surface area contributed by atoms with Crippen LogP contribution in [0.25, 0.3) is 0 Å². The zero-order valence-electron chi connectivity index (χ0n) is 12.0. The van der Waals surface area contributed by atoms with E-state index in [9.17, 15) is 5.11 Å². The molecule has 0 saturated heterocycles. The van der Waals surface area contributed by atoms with Crippen molar-refractivity contribution in [2.24, 2.45) is 5.92 Å². The number of rotatable bonds is 8. The summed E-state index contributed by atoms with van der Waals surface area (Å²) < 4.78 is 5.08. The van der Waals surface area contributed by atoms with Crippen LogP contribution in [0.5, 0.6) is 11.5 Å². The number of halogens is 1. The van der Waals surface area contributed by atoms with Crippen molar-refractivity contribution in [1.29, 1.82) is 0 Å². The van der Waals surface area contributed by atoms with E-state index in [2.05, 4.69) is 19.2 Å². The second kappa shape index (κ2) is 8.28. The molecular weight excluding hydrogens is 262 g/mol. The standard InChI is InChI=1S/C15H24ClNO2/c1-11(2)6-4-5-7-17-10-12-8-13(16)9-14(19-3)15(12)18/h8-9,11,17-18H,4-7,10H2,1-3H3. The highest BCUT2D eigenvalue weighted by Crippen LogP contribution is 2.33. The molecule has 0 atom stereocenters. The zero-order valence-corrected chi connectivity index (χ0v) is 12.8. The van der Waals surface area contributed by atoms with Gasteiger partial charge in [0.1, 0.15) is 0 Å². The van der Waals surface area contributed by atoms with Gasteiger partial charge in [-0.25, -0.2) is 0 Å². The van der Waals surface area contributed by atoms with E-state index in [1.807, 2.05) is 0 Å². The van der Waals surface area contributed by atoms with Gasteiger partial charge in [0.15, 0.2) is 11.5 Å². The summed E-state index contributed by atoms with van der Waals surface area (Å²) in [5.41, 5.74) is 0.771. The molecule has 0 aliphatic heterocycles. The number of hydrogen-bond acceptors (Lipinski definition) is 3. The van der Waals surface area contributed by atoms with Crippen LogP contribution in [-0.4, -0.2) is 18.8 Å². The summed E-state index contributed by atoms with van der Waals surface area (Å²) in [5, 5.41) is 13.9. The van der Waals surface area contributed by atoms with Gasteiger partial charge >= 0.3 is 0 Å². The van der Waals surface area contributed by atoms with Crippen molar-refractivity contribution < 1.29 is 9.84 Å². The van der Waals surface area contributed by atoms with Gasteiger partial charge in [-0.3, -0.25) is 0 Å². The molecule has 1 aromatic carbocycles. The Morgan fingerprint density at radius 3 is 2.68 bits per heavy atom. The van der Waals surface area contributed by atoms with Crippen LogP contribution in [0.4, 0.5) is 0 Å². The van der Waals surface area contributed by atoms with Crippen LogP contribution in [0.2, 0.25) is 5.02 Å². The molecule has 0 aliphatic rings. The molecule has 19 heavy (non-hydrogen) atoms. The topological polar surface area (TPSA) is 41.5 Å². The van der Waals surface area contributed by atoms with Gasteiger partial charge in [0, 0.05) is 23.2 Å². The molecule has 0 amide bonds. The number of ether oxygens (including phenoxy) is 1. The maximum absolute atomic E-state index is 9.97. The summed E-state index contributed by atoms with van der Waals surface area (Å²) >= 11 is 5.98. The minimum Gasteiger partial charge on any atom is -0.504 e. The number of methoxy groups -OCH3 is 1. The van der Waals surface area contributed by atoms with Crippen molar-refractivity contribution in [3.63, 3.8) is 0 Å². The summed E-state index contributed by atoms with van der Waals surface area (Å²) in [6, 6.07) is 3.38. The van der Waals surface area contributed by atoms with E-state index in [0.29, 0.717) is 17.3 Å². The smallest absolute Gasteiger partial charge is 0.162 e. The molecule has 108 valence electrons. The lowest BCUT2D eigenvalue weighted by Gasteiger charge is -2.11. The number of hydrogen-bond donors (Lipinski definition) is 2. The summed E-state index contributed by atoms with van der Waals surface area (Å²) in [6.45, 7) is 6.03. The highest BCUT2D eigenvalue weighted by molar-refractivity contribution is 6.30.